The van der Waals surface area contributed by atoms with Crippen molar-refractivity contribution in [1.29, 1.82) is 0 Å². The average molecular weight is 257 g/mol. The maximum Gasteiger partial charge on any atom is 0.0270 e. The smallest absolute Gasteiger partial charge is 0.0270 e. The molecule has 0 unspecified atom stereocenters. The molecular formula is C18H27N. The summed E-state index contributed by atoms with van der Waals surface area (Å²) in [5.74, 6) is 0. The zero-order chi connectivity index (χ0) is 14.3. The van der Waals surface area contributed by atoms with Crippen molar-refractivity contribution in [2.45, 2.75) is 59.3 Å². The van der Waals surface area contributed by atoms with Gasteiger partial charge in [-0.05, 0) is 64.7 Å². The van der Waals surface area contributed by atoms with Gasteiger partial charge in [0.05, 0.1) is 0 Å². The molecule has 0 N–H and O–H groups in total. The minimum absolute atomic E-state index is 0.206. The van der Waals surface area contributed by atoms with Gasteiger partial charge in [-0.1, -0.05) is 30.2 Å². The molecule has 1 aromatic heterocycles. The quantitative estimate of drug-likeness (QED) is 0.618. The van der Waals surface area contributed by atoms with E-state index in [1.807, 2.05) is 12.4 Å². The van der Waals surface area contributed by atoms with Gasteiger partial charge < -0.3 is 0 Å². The van der Waals surface area contributed by atoms with Crippen LogP contribution in [0.4, 0.5) is 0 Å². The molecule has 19 heavy (non-hydrogen) atoms. The average Bonchev–Trinajstić information content (AvgIpc) is 2.40. The zero-order valence-electron chi connectivity index (χ0n) is 13.0. The lowest BCUT2D eigenvalue weighted by Gasteiger charge is -2.32. The van der Waals surface area contributed by atoms with Gasteiger partial charge in [-0.3, -0.25) is 4.98 Å². The largest absolute Gasteiger partial charge is 0.265 e. The Kier molecular flexibility index (Phi) is 6.01. The predicted molar refractivity (Wildman–Crippen MR) is 84.3 cm³/mol. The Morgan fingerprint density at radius 3 is 1.84 bits per heavy atom. The fraction of sp³-hybridized carbons (Fsp3) is 0.500. The van der Waals surface area contributed by atoms with Crippen molar-refractivity contribution in [3.8, 4) is 0 Å². The SMILES string of the molecule is CCC(CC=C(C)C)(CC=C(C)C)c1ccncc1. The number of hydrogen-bond acceptors (Lipinski definition) is 1. The van der Waals surface area contributed by atoms with Crippen LogP contribution in [-0.2, 0) is 5.41 Å². The van der Waals surface area contributed by atoms with Crippen LogP contribution in [0.15, 0.2) is 47.8 Å². The first-order chi connectivity index (χ1) is 9.00. The summed E-state index contributed by atoms with van der Waals surface area (Å²) in [6, 6.07) is 4.34. The summed E-state index contributed by atoms with van der Waals surface area (Å²) >= 11 is 0. The molecule has 1 heteroatoms. The highest BCUT2D eigenvalue weighted by atomic mass is 14.6. The van der Waals surface area contributed by atoms with Gasteiger partial charge in [0.25, 0.3) is 0 Å². The Hall–Kier alpha value is -1.37. The van der Waals surface area contributed by atoms with Gasteiger partial charge in [0.15, 0.2) is 0 Å². The summed E-state index contributed by atoms with van der Waals surface area (Å²) in [4.78, 5) is 4.15. The Balaban J connectivity index is 3.13. The van der Waals surface area contributed by atoms with Crippen molar-refractivity contribution in [3.05, 3.63) is 53.4 Å². The van der Waals surface area contributed by atoms with E-state index in [9.17, 15) is 0 Å². The fourth-order valence-electron chi connectivity index (χ4n) is 2.32. The van der Waals surface area contributed by atoms with Gasteiger partial charge in [0.2, 0.25) is 0 Å². The zero-order valence-corrected chi connectivity index (χ0v) is 13.0. The van der Waals surface area contributed by atoms with Crippen molar-refractivity contribution in [3.63, 3.8) is 0 Å². The molecule has 0 radical (unpaired) electrons. The molecule has 0 aliphatic heterocycles. The van der Waals surface area contributed by atoms with Crippen LogP contribution in [0.5, 0.6) is 0 Å². The van der Waals surface area contributed by atoms with Crippen LogP contribution in [0.2, 0.25) is 0 Å². The molecule has 1 heterocycles. The van der Waals surface area contributed by atoms with Crippen molar-refractivity contribution < 1.29 is 0 Å². The second-order valence-electron chi connectivity index (χ2n) is 5.84. The van der Waals surface area contributed by atoms with E-state index in [4.69, 9.17) is 0 Å². The number of pyridine rings is 1. The molecule has 0 spiro atoms. The summed E-state index contributed by atoms with van der Waals surface area (Å²) in [6.07, 6.45) is 11.9. The lowest BCUT2D eigenvalue weighted by atomic mass is 9.72. The lowest BCUT2D eigenvalue weighted by Crippen LogP contribution is -2.24. The Bertz CT molecular complexity index is 412. The highest BCUT2D eigenvalue weighted by Gasteiger charge is 2.27. The standard InChI is InChI=1S/C18H27N/c1-6-18(11-7-15(2)3,12-8-16(4)5)17-9-13-19-14-10-17/h7-10,13-14H,6,11-12H2,1-5H3. The van der Waals surface area contributed by atoms with E-state index >= 15 is 0 Å². The summed E-state index contributed by atoms with van der Waals surface area (Å²) < 4.78 is 0. The highest BCUT2D eigenvalue weighted by Crippen LogP contribution is 2.36. The van der Waals surface area contributed by atoms with E-state index in [1.54, 1.807) is 0 Å². The first-order valence-corrected chi connectivity index (χ1v) is 7.17. The van der Waals surface area contributed by atoms with Gasteiger partial charge in [0.1, 0.15) is 0 Å². The molecule has 1 aromatic rings. The number of nitrogens with zero attached hydrogens (tertiary/aromatic N) is 1. The van der Waals surface area contributed by atoms with Gasteiger partial charge in [-0.25, -0.2) is 0 Å². The molecule has 0 fully saturated rings. The van der Waals surface area contributed by atoms with Crippen molar-refractivity contribution >= 4 is 0 Å². The van der Waals surface area contributed by atoms with Crippen molar-refractivity contribution in [1.82, 2.24) is 4.98 Å². The minimum Gasteiger partial charge on any atom is -0.265 e. The topological polar surface area (TPSA) is 12.9 Å². The van der Waals surface area contributed by atoms with Gasteiger partial charge in [-0.15, -0.1) is 0 Å². The monoisotopic (exact) mass is 257 g/mol. The highest BCUT2D eigenvalue weighted by molar-refractivity contribution is 5.26. The second-order valence-corrected chi connectivity index (χ2v) is 5.84. The van der Waals surface area contributed by atoms with Crippen LogP contribution in [0, 0.1) is 0 Å². The molecule has 0 aliphatic rings. The number of aromatic nitrogens is 1. The minimum atomic E-state index is 0.206. The number of allylic oxidation sites excluding steroid dienone is 4. The number of rotatable bonds is 6. The molecular weight excluding hydrogens is 230 g/mol. The second kappa shape index (κ2) is 7.28. The number of hydrogen-bond donors (Lipinski definition) is 0. The Labute approximate surface area is 118 Å². The van der Waals surface area contributed by atoms with E-state index in [0.717, 1.165) is 19.3 Å². The van der Waals surface area contributed by atoms with E-state index in [1.165, 1.54) is 16.7 Å². The molecule has 0 aromatic carbocycles. The third-order valence-electron chi connectivity index (χ3n) is 3.77. The van der Waals surface area contributed by atoms with E-state index in [0.29, 0.717) is 0 Å². The van der Waals surface area contributed by atoms with Crippen LogP contribution in [0.1, 0.15) is 59.4 Å². The van der Waals surface area contributed by atoms with Crippen LogP contribution in [-0.4, -0.2) is 4.98 Å². The van der Waals surface area contributed by atoms with Crippen LogP contribution in [0.25, 0.3) is 0 Å². The molecule has 104 valence electrons. The fourth-order valence-corrected chi connectivity index (χ4v) is 2.32. The van der Waals surface area contributed by atoms with E-state index in [2.05, 4.69) is 63.9 Å². The van der Waals surface area contributed by atoms with Crippen molar-refractivity contribution in [2.75, 3.05) is 0 Å². The molecule has 0 saturated heterocycles. The van der Waals surface area contributed by atoms with E-state index < -0.39 is 0 Å². The molecule has 0 saturated carbocycles. The maximum absolute atomic E-state index is 4.15. The predicted octanol–water partition coefficient (Wildman–Crippen LogP) is 5.44. The van der Waals surface area contributed by atoms with Crippen LogP contribution < -0.4 is 0 Å². The summed E-state index contributed by atoms with van der Waals surface area (Å²) in [6.45, 7) is 11.0. The van der Waals surface area contributed by atoms with Gasteiger partial charge in [-0.2, -0.15) is 0 Å². The summed E-state index contributed by atoms with van der Waals surface area (Å²) in [7, 11) is 0. The first-order valence-electron chi connectivity index (χ1n) is 7.17. The molecule has 0 amide bonds. The molecule has 1 nitrogen and oxygen atoms in total. The maximum atomic E-state index is 4.15. The Morgan fingerprint density at radius 2 is 1.47 bits per heavy atom. The Morgan fingerprint density at radius 1 is 1.00 bits per heavy atom. The van der Waals surface area contributed by atoms with Crippen LogP contribution in [0.3, 0.4) is 0 Å². The molecule has 0 bridgehead atoms. The molecule has 0 aliphatic carbocycles. The van der Waals surface area contributed by atoms with Gasteiger partial charge >= 0.3 is 0 Å². The normalized spacial score (nSPS) is 11.0. The summed E-state index contributed by atoms with van der Waals surface area (Å²) in [5, 5.41) is 0. The first kappa shape index (κ1) is 15.7. The van der Waals surface area contributed by atoms with Gasteiger partial charge in [0, 0.05) is 17.8 Å². The molecule has 0 atom stereocenters. The third kappa shape index (κ3) is 4.66. The van der Waals surface area contributed by atoms with Crippen molar-refractivity contribution in [2.24, 2.45) is 0 Å². The molecule has 1 rings (SSSR count). The third-order valence-corrected chi connectivity index (χ3v) is 3.77. The summed E-state index contributed by atoms with van der Waals surface area (Å²) in [5.41, 5.74) is 4.39. The van der Waals surface area contributed by atoms with E-state index in [-0.39, 0.29) is 5.41 Å². The lowest BCUT2D eigenvalue weighted by molar-refractivity contribution is 0.417. The van der Waals surface area contributed by atoms with Crippen LogP contribution >= 0.6 is 0 Å².